The van der Waals surface area contributed by atoms with Crippen LogP contribution in [0.25, 0.3) is 0 Å². The lowest BCUT2D eigenvalue weighted by molar-refractivity contribution is 0.505. The summed E-state index contributed by atoms with van der Waals surface area (Å²) in [4.78, 5) is 1.42. The van der Waals surface area contributed by atoms with Gasteiger partial charge in [-0.1, -0.05) is 18.2 Å². The highest BCUT2D eigenvalue weighted by molar-refractivity contribution is 7.99. The molecule has 0 aliphatic carbocycles. The van der Waals surface area contributed by atoms with Crippen LogP contribution in [0.5, 0.6) is 0 Å². The molecule has 1 aromatic carbocycles. The third-order valence-electron chi connectivity index (χ3n) is 3.06. The molecule has 0 amide bonds. The molecule has 1 aromatic heterocycles. The minimum Gasteiger partial charge on any atom is -0.304 e. The highest BCUT2D eigenvalue weighted by Crippen LogP contribution is 2.35. The van der Waals surface area contributed by atoms with E-state index >= 15 is 0 Å². The number of aromatic nitrogens is 2. The zero-order chi connectivity index (χ0) is 11.5. The fraction of sp³-hybridized carbons (Fsp3) is 0.308. The summed E-state index contributed by atoms with van der Waals surface area (Å²) in [6, 6.07) is 11.2. The van der Waals surface area contributed by atoms with Gasteiger partial charge in [-0.15, -0.1) is 11.8 Å². The standard InChI is InChI=1S/C13H15N3S/c1-2-4-13-11(3-1)12(6-8-17-13)14-9-10-5-7-15-16-10/h1-5,7,12,14H,6,8-9H2,(H,15,16). The van der Waals surface area contributed by atoms with E-state index in [2.05, 4.69) is 39.8 Å². The summed E-state index contributed by atoms with van der Waals surface area (Å²) in [6.07, 6.45) is 2.98. The van der Waals surface area contributed by atoms with Crippen molar-refractivity contribution >= 4 is 11.8 Å². The van der Waals surface area contributed by atoms with Crippen LogP contribution < -0.4 is 5.32 Å². The van der Waals surface area contributed by atoms with Gasteiger partial charge in [0.2, 0.25) is 0 Å². The van der Waals surface area contributed by atoms with Gasteiger partial charge >= 0.3 is 0 Å². The van der Waals surface area contributed by atoms with Gasteiger partial charge in [-0.05, 0) is 29.9 Å². The van der Waals surface area contributed by atoms with Crippen molar-refractivity contribution in [2.75, 3.05) is 5.75 Å². The van der Waals surface area contributed by atoms with E-state index < -0.39 is 0 Å². The predicted octanol–water partition coefficient (Wildman–Crippen LogP) is 2.74. The summed E-state index contributed by atoms with van der Waals surface area (Å²) in [5.41, 5.74) is 2.57. The molecule has 1 aliphatic heterocycles. The lowest BCUT2D eigenvalue weighted by Crippen LogP contribution is -2.24. The van der Waals surface area contributed by atoms with Crippen molar-refractivity contribution in [2.24, 2.45) is 0 Å². The van der Waals surface area contributed by atoms with E-state index in [1.807, 2.05) is 17.8 Å². The summed E-state index contributed by atoms with van der Waals surface area (Å²) in [5.74, 6) is 1.19. The van der Waals surface area contributed by atoms with Crippen LogP contribution in [0.2, 0.25) is 0 Å². The molecule has 2 heterocycles. The molecule has 17 heavy (non-hydrogen) atoms. The first-order valence-corrected chi connectivity index (χ1v) is 6.85. The number of aromatic amines is 1. The number of nitrogens with one attached hydrogen (secondary N) is 2. The molecule has 3 nitrogen and oxygen atoms in total. The van der Waals surface area contributed by atoms with Gasteiger partial charge in [-0.2, -0.15) is 5.10 Å². The second-order valence-corrected chi connectivity index (χ2v) is 5.33. The molecule has 2 aromatic rings. The van der Waals surface area contributed by atoms with E-state index in [1.54, 1.807) is 6.20 Å². The first kappa shape index (κ1) is 10.9. The Hall–Kier alpha value is -1.26. The number of benzene rings is 1. The highest BCUT2D eigenvalue weighted by atomic mass is 32.2. The van der Waals surface area contributed by atoms with Gasteiger partial charge in [0.25, 0.3) is 0 Å². The summed E-state index contributed by atoms with van der Waals surface area (Å²) in [7, 11) is 0. The topological polar surface area (TPSA) is 40.7 Å². The molecule has 1 aliphatic rings. The molecule has 1 unspecified atom stereocenters. The van der Waals surface area contributed by atoms with Crippen molar-refractivity contribution in [1.82, 2.24) is 15.5 Å². The fourth-order valence-corrected chi connectivity index (χ4v) is 3.30. The average Bonchev–Trinajstić information content (AvgIpc) is 2.89. The Balaban J connectivity index is 1.72. The summed E-state index contributed by atoms with van der Waals surface area (Å²) < 4.78 is 0. The maximum atomic E-state index is 3.96. The van der Waals surface area contributed by atoms with Gasteiger partial charge in [0.1, 0.15) is 0 Å². The van der Waals surface area contributed by atoms with Crippen LogP contribution in [0, 0.1) is 0 Å². The minimum absolute atomic E-state index is 0.468. The molecule has 0 bridgehead atoms. The van der Waals surface area contributed by atoms with Crippen LogP contribution >= 0.6 is 11.8 Å². The van der Waals surface area contributed by atoms with E-state index in [1.165, 1.54) is 22.6 Å². The number of fused-ring (bicyclic) bond motifs is 1. The number of hydrogen-bond donors (Lipinski definition) is 2. The van der Waals surface area contributed by atoms with Crippen molar-refractivity contribution in [3.05, 3.63) is 47.8 Å². The SMILES string of the molecule is c1ccc2c(c1)SCCC2NCc1ccn[nH]1. The Kier molecular flexibility index (Phi) is 3.16. The third kappa shape index (κ3) is 2.37. The Morgan fingerprint density at radius 3 is 3.18 bits per heavy atom. The molecule has 2 N–H and O–H groups in total. The molecule has 0 saturated heterocycles. The average molecular weight is 245 g/mol. The molecule has 0 radical (unpaired) electrons. The van der Waals surface area contributed by atoms with E-state index in [-0.39, 0.29) is 0 Å². The van der Waals surface area contributed by atoms with Crippen molar-refractivity contribution in [3.63, 3.8) is 0 Å². The van der Waals surface area contributed by atoms with Gasteiger partial charge < -0.3 is 5.32 Å². The molecule has 0 saturated carbocycles. The summed E-state index contributed by atoms with van der Waals surface area (Å²) >= 11 is 1.96. The zero-order valence-corrected chi connectivity index (χ0v) is 10.3. The minimum atomic E-state index is 0.468. The smallest absolute Gasteiger partial charge is 0.0490 e. The maximum Gasteiger partial charge on any atom is 0.0490 e. The predicted molar refractivity (Wildman–Crippen MR) is 70.0 cm³/mol. The van der Waals surface area contributed by atoms with Gasteiger partial charge in [-0.3, -0.25) is 5.10 Å². The van der Waals surface area contributed by atoms with E-state index in [9.17, 15) is 0 Å². The van der Waals surface area contributed by atoms with E-state index in [0.717, 1.165) is 12.2 Å². The molecule has 3 rings (SSSR count). The van der Waals surface area contributed by atoms with Crippen molar-refractivity contribution in [2.45, 2.75) is 23.9 Å². The van der Waals surface area contributed by atoms with Crippen LogP contribution in [-0.4, -0.2) is 16.0 Å². The maximum absolute atomic E-state index is 3.96. The van der Waals surface area contributed by atoms with Gasteiger partial charge in [0.15, 0.2) is 0 Å². The van der Waals surface area contributed by atoms with Gasteiger partial charge in [0, 0.05) is 29.4 Å². The van der Waals surface area contributed by atoms with Crippen molar-refractivity contribution < 1.29 is 0 Å². The molecule has 0 spiro atoms. The van der Waals surface area contributed by atoms with Gasteiger partial charge in [-0.25, -0.2) is 0 Å². The fourth-order valence-electron chi connectivity index (χ4n) is 2.17. The molecule has 4 heteroatoms. The highest BCUT2D eigenvalue weighted by Gasteiger charge is 2.19. The van der Waals surface area contributed by atoms with Gasteiger partial charge in [0.05, 0.1) is 0 Å². The number of hydrogen-bond acceptors (Lipinski definition) is 3. The molecular formula is C13H15N3S. The monoisotopic (exact) mass is 245 g/mol. The lowest BCUT2D eigenvalue weighted by atomic mass is 10.0. The third-order valence-corrected chi connectivity index (χ3v) is 4.18. The van der Waals surface area contributed by atoms with Crippen LogP contribution in [0.3, 0.4) is 0 Å². The first-order chi connectivity index (χ1) is 8.43. The van der Waals surface area contributed by atoms with Crippen LogP contribution in [0.1, 0.15) is 23.7 Å². The Morgan fingerprint density at radius 2 is 2.29 bits per heavy atom. The zero-order valence-electron chi connectivity index (χ0n) is 9.52. The first-order valence-electron chi connectivity index (χ1n) is 5.87. The largest absolute Gasteiger partial charge is 0.304 e. The molecular weight excluding hydrogens is 230 g/mol. The number of thioether (sulfide) groups is 1. The normalized spacial score (nSPS) is 18.9. The van der Waals surface area contributed by atoms with Crippen molar-refractivity contribution in [3.8, 4) is 0 Å². The molecule has 0 fully saturated rings. The molecule has 1 atom stereocenters. The summed E-state index contributed by atoms with van der Waals surface area (Å²) in [6.45, 7) is 0.851. The van der Waals surface area contributed by atoms with Crippen LogP contribution in [0.4, 0.5) is 0 Å². The lowest BCUT2D eigenvalue weighted by Gasteiger charge is -2.25. The molecule has 88 valence electrons. The van der Waals surface area contributed by atoms with E-state index in [0.29, 0.717) is 6.04 Å². The Bertz CT molecular complexity index is 481. The van der Waals surface area contributed by atoms with E-state index in [4.69, 9.17) is 0 Å². The van der Waals surface area contributed by atoms with Crippen LogP contribution in [-0.2, 0) is 6.54 Å². The second kappa shape index (κ2) is 4.94. The number of nitrogens with zero attached hydrogens (tertiary/aromatic N) is 1. The quantitative estimate of drug-likeness (QED) is 0.873. The van der Waals surface area contributed by atoms with Crippen LogP contribution in [0.15, 0.2) is 41.4 Å². The summed E-state index contributed by atoms with van der Waals surface area (Å²) in [5, 5.41) is 10.5. The van der Waals surface area contributed by atoms with Crippen molar-refractivity contribution in [1.29, 1.82) is 0 Å². The Labute approximate surface area is 105 Å². The number of H-pyrrole nitrogens is 1. The second-order valence-electron chi connectivity index (χ2n) is 4.19. The Morgan fingerprint density at radius 1 is 1.35 bits per heavy atom. The number of rotatable bonds is 3.